The van der Waals surface area contributed by atoms with E-state index in [9.17, 15) is 4.79 Å². The Morgan fingerprint density at radius 3 is 2.58 bits per heavy atom. The summed E-state index contributed by atoms with van der Waals surface area (Å²) < 4.78 is 5.19. The van der Waals surface area contributed by atoms with E-state index in [1.165, 1.54) is 11.3 Å². The van der Waals surface area contributed by atoms with Crippen LogP contribution in [0.15, 0.2) is 29.6 Å². The summed E-state index contributed by atoms with van der Waals surface area (Å²) >= 11 is 25.2. The van der Waals surface area contributed by atoms with Gasteiger partial charge in [0.1, 0.15) is 16.6 Å². The Balaban J connectivity index is 1.74. The van der Waals surface area contributed by atoms with Gasteiger partial charge in [0.05, 0.1) is 21.4 Å². The van der Waals surface area contributed by atoms with Gasteiger partial charge in [-0.05, 0) is 6.07 Å². The van der Waals surface area contributed by atoms with E-state index in [0.717, 1.165) is 10.6 Å². The molecule has 2 aromatic heterocycles. The molecule has 0 unspecified atom stereocenters. The largest absolute Gasteiger partial charge is 0.454 e. The molecule has 2 N–H and O–H groups in total. The van der Waals surface area contributed by atoms with Crippen LogP contribution >= 0.6 is 57.7 Å². The molecule has 2 heterocycles. The topological polar surface area (TPSA) is 78.1 Å². The molecule has 5 nitrogen and oxygen atoms in total. The average molecular weight is 449 g/mol. The monoisotopic (exact) mass is 447 g/mol. The number of benzene rings is 1. The number of rotatable bonds is 4. The predicted octanol–water partition coefficient (Wildman–Crippen LogP) is 5.76. The zero-order chi connectivity index (χ0) is 18.8. The number of carbonyl (C=O) groups is 1. The van der Waals surface area contributed by atoms with Crippen molar-refractivity contribution in [3.63, 3.8) is 0 Å². The fraction of sp³-hybridized carbons (Fsp3) is 0.0625. The summed E-state index contributed by atoms with van der Waals surface area (Å²) in [6.45, 7) is -0.0715. The molecule has 0 spiro atoms. The molecule has 1 aromatic carbocycles. The standard InChI is InChI=1S/C16H9Cl4N3O2S/c17-9-4-2-1-3-8(9)15-22-7(6-26-15)5-25-16(24)13-10(18)12(21)11(19)14(20)23-13/h1-4,6H,5H2,(H2,21,23). The Morgan fingerprint density at radius 1 is 1.12 bits per heavy atom. The van der Waals surface area contributed by atoms with Crippen LogP contribution in [0, 0.1) is 0 Å². The quantitative estimate of drug-likeness (QED) is 0.405. The number of hydrogen-bond donors (Lipinski definition) is 1. The maximum atomic E-state index is 12.2. The van der Waals surface area contributed by atoms with Crippen LogP contribution in [-0.2, 0) is 11.3 Å². The number of nitrogen functional groups attached to an aromatic ring is 1. The van der Waals surface area contributed by atoms with Crippen LogP contribution in [0.5, 0.6) is 0 Å². The van der Waals surface area contributed by atoms with Crippen LogP contribution in [0.4, 0.5) is 5.69 Å². The molecule has 0 saturated heterocycles. The molecule has 0 aliphatic carbocycles. The van der Waals surface area contributed by atoms with E-state index in [4.69, 9.17) is 56.9 Å². The summed E-state index contributed by atoms with van der Waals surface area (Å²) in [7, 11) is 0. The van der Waals surface area contributed by atoms with E-state index >= 15 is 0 Å². The number of nitrogens with two attached hydrogens (primary N) is 1. The van der Waals surface area contributed by atoms with E-state index in [0.29, 0.717) is 10.7 Å². The molecule has 3 aromatic rings. The highest BCUT2D eigenvalue weighted by atomic mass is 35.5. The maximum Gasteiger partial charge on any atom is 0.359 e. The lowest BCUT2D eigenvalue weighted by molar-refractivity contribution is 0.0462. The molecular weight excluding hydrogens is 440 g/mol. The first kappa shape index (κ1) is 19.2. The third-order valence-corrected chi connectivity index (χ3v) is 5.66. The average Bonchev–Trinajstić information content (AvgIpc) is 3.10. The van der Waals surface area contributed by atoms with Gasteiger partial charge in [0.15, 0.2) is 10.8 Å². The van der Waals surface area contributed by atoms with E-state index < -0.39 is 5.97 Å². The summed E-state index contributed by atoms with van der Waals surface area (Å²) in [5.41, 5.74) is 6.81. The van der Waals surface area contributed by atoms with Crippen LogP contribution in [0.2, 0.25) is 20.2 Å². The van der Waals surface area contributed by atoms with Gasteiger partial charge < -0.3 is 10.5 Å². The molecule has 3 rings (SSSR count). The van der Waals surface area contributed by atoms with Gasteiger partial charge in [-0.2, -0.15) is 0 Å². The Labute approximate surface area is 172 Å². The smallest absolute Gasteiger partial charge is 0.359 e. The number of esters is 1. The number of hydrogen-bond acceptors (Lipinski definition) is 6. The van der Waals surface area contributed by atoms with Crippen LogP contribution < -0.4 is 5.73 Å². The zero-order valence-corrected chi connectivity index (χ0v) is 16.6. The summed E-state index contributed by atoms with van der Waals surface area (Å²) in [5.74, 6) is -0.785. The zero-order valence-electron chi connectivity index (χ0n) is 12.8. The van der Waals surface area contributed by atoms with E-state index in [1.807, 2.05) is 18.2 Å². The molecule has 26 heavy (non-hydrogen) atoms. The predicted molar refractivity (Wildman–Crippen MR) is 105 cm³/mol. The van der Waals surface area contributed by atoms with Gasteiger partial charge in [0.2, 0.25) is 0 Å². The minimum Gasteiger partial charge on any atom is -0.454 e. The second-order valence-corrected chi connectivity index (χ2v) is 7.37. The second kappa shape index (κ2) is 7.98. The SMILES string of the molecule is Nc1c(Cl)c(Cl)nc(C(=O)OCc2csc(-c3ccccc3Cl)n2)c1Cl. The third-order valence-electron chi connectivity index (χ3n) is 3.27. The lowest BCUT2D eigenvalue weighted by atomic mass is 10.2. The Kier molecular flexibility index (Phi) is 5.89. The molecule has 10 heteroatoms. The van der Waals surface area contributed by atoms with Crippen molar-refractivity contribution < 1.29 is 9.53 Å². The Hall–Kier alpha value is -1.57. The van der Waals surface area contributed by atoms with E-state index in [-0.39, 0.29) is 33.2 Å². The summed E-state index contributed by atoms with van der Waals surface area (Å²) in [4.78, 5) is 20.4. The number of halogens is 4. The summed E-state index contributed by atoms with van der Waals surface area (Å²) in [5, 5.41) is 2.82. The fourth-order valence-corrected chi connectivity index (χ4v) is 3.72. The molecule has 0 atom stereocenters. The number of nitrogens with zero attached hydrogens (tertiary/aromatic N) is 2. The van der Waals surface area contributed by atoms with E-state index in [2.05, 4.69) is 9.97 Å². The first-order valence-corrected chi connectivity index (χ1v) is 9.44. The number of thiazole rings is 1. The molecule has 0 saturated carbocycles. The first-order chi connectivity index (χ1) is 12.4. The molecule has 134 valence electrons. The number of ether oxygens (including phenoxy) is 1. The van der Waals surface area contributed by atoms with Crippen molar-refractivity contribution in [1.82, 2.24) is 9.97 Å². The number of pyridine rings is 1. The van der Waals surface area contributed by atoms with Crippen molar-refractivity contribution in [2.75, 3.05) is 5.73 Å². The minimum absolute atomic E-state index is 0.0166. The highest BCUT2D eigenvalue weighted by Gasteiger charge is 2.21. The molecule has 0 aliphatic heterocycles. The molecule has 0 bridgehead atoms. The molecule has 0 fully saturated rings. The molecular formula is C16H9Cl4N3O2S. The maximum absolute atomic E-state index is 12.2. The van der Waals surface area contributed by atoms with Crippen molar-refractivity contribution in [2.24, 2.45) is 0 Å². The lowest BCUT2D eigenvalue weighted by Gasteiger charge is -2.08. The number of carbonyl (C=O) groups excluding carboxylic acids is 1. The normalized spacial score (nSPS) is 10.8. The lowest BCUT2D eigenvalue weighted by Crippen LogP contribution is -2.10. The summed E-state index contributed by atoms with van der Waals surface area (Å²) in [6.07, 6.45) is 0. The van der Waals surface area contributed by atoms with Crippen molar-refractivity contribution in [3.8, 4) is 10.6 Å². The Morgan fingerprint density at radius 2 is 1.85 bits per heavy atom. The van der Waals surface area contributed by atoms with Crippen molar-refractivity contribution >= 4 is 69.4 Å². The second-order valence-electron chi connectivity index (χ2n) is 4.99. The van der Waals surface area contributed by atoms with Crippen LogP contribution in [-0.4, -0.2) is 15.9 Å². The van der Waals surface area contributed by atoms with Crippen LogP contribution in [0.3, 0.4) is 0 Å². The minimum atomic E-state index is -0.785. The van der Waals surface area contributed by atoms with Gasteiger partial charge in [-0.25, -0.2) is 14.8 Å². The van der Waals surface area contributed by atoms with Crippen molar-refractivity contribution in [1.29, 1.82) is 0 Å². The van der Waals surface area contributed by atoms with E-state index in [1.54, 1.807) is 11.4 Å². The first-order valence-electron chi connectivity index (χ1n) is 7.05. The number of aromatic nitrogens is 2. The van der Waals surface area contributed by atoms with Crippen molar-refractivity contribution in [3.05, 3.63) is 61.3 Å². The van der Waals surface area contributed by atoms with Crippen LogP contribution in [0.1, 0.15) is 16.2 Å². The van der Waals surface area contributed by atoms with Gasteiger partial charge in [0, 0.05) is 10.9 Å². The number of anilines is 1. The molecule has 0 radical (unpaired) electrons. The third kappa shape index (κ3) is 3.89. The summed E-state index contributed by atoms with van der Waals surface area (Å²) in [6, 6.07) is 7.34. The van der Waals surface area contributed by atoms with Gasteiger partial charge >= 0.3 is 5.97 Å². The van der Waals surface area contributed by atoms with Gasteiger partial charge in [-0.1, -0.05) is 64.6 Å². The Bertz CT molecular complexity index is 994. The molecule has 0 aliphatic rings. The molecule has 0 amide bonds. The van der Waals surface area contributed by atoms with Gasteiger partial charge in [-0.3, -0.25) is 0 Å². The van der Waals surface area contributed by atoms with Gasteiger partial charge in [-0.15, -0.1) is 11.3 Å². The van der Waals surface area contributed by atoms with Crippen molar-refractivity contribution in [2.45, 2.75) is 6.61 Å². The van der Waals surface area contributed by atoms with Gasteiger partial charge in [0.25, 0.3) is 0 Å². The fourth-order valence-electron chi connectivity index (χ4n) is 2.01. The highest BCUT2D eigenvalue weighted by molar-refractivity contribution is 7.13. The highest BCUT2D eigenvalue weighted by Crippen LogP contribution is 2.35. The van der Waals surface area contributed by atoms with Crippen LogP contribution in [0.25, 0.3) is 10.6 Å².